The second-order valence-electron chi connectivity index (χ2n) is 5.61. The summed E-state index contributed by atoms with van der Waals surface area (Å²) in [7, 11) is 0. The Kier molecular flexibility index (Phi) is 6.26. The van der Waals surface area contributed by atoms with E-state index in [0.29, 0.717) is 8.95 Å². The van der Waals surface area contributed by atoms with Gasteiger partial charge in [0.05, 0.1) is 8.95 Å². The van der Waals surface area contributed by atoms with Gasteiger partial charge in [-0.05, 0) is 93.4 Å². The van der Waals surface area contributed by atoms with Crippen molar-refractivity contribution in [3.05, 3.63) is 53.3 Å². The Morgan fingerprint density at radius 2 is 1.35 bits per heavy atom. The van der Waals surface area contributed by atoms with Crippen molar-refractivity contribution >= 4 is 63.7 Å². The summed E-state index contributed by atoms with van der Waals surface area (Å²) in [5.41, 5.74) is 1.85. The van der Waals surface area contributed by atoms with Crippen LogP contribution < -0.4 is 0 Å². The van der Waals surface area contributed by atoms with E-state index in [0.717, 1.165) is 32.9 Å². The molecule has 0 fully saturated rings. The average Bonchev–Trinajstić information content (AvgIpc) is 2.52. The minimum Gasteiger partial charge on any atom is -0.508 e. The van der Waals surface area contributed by atoms with Crippen molar-refractivity contribution in [2.45, 2.75) is 32.1 Å². The lowest BCUT2D eigenvalue weighted by Crippen LogP contribution is -2.25. The van der Waals surface area contributed by atoms with E-state index in [1.807, 2.05) is 12.1 Å². The van der Waals surface area contributed by atoms with Crippen LogP contribution in [0.3, 0.4) is 0 Å². The molecular weight excluding hydrogens is 556 g/mol. The second kappa shape index (κ2) is 7.46. The molecule has 0 spiro atoms. The van der Waals surface area contributed by atoms with Gasteiger partial charge in [0.25, 0.3) is 0 Å². The number of benzene rings is 2. The average molecular weight is 572 g/mol. The number of hydrogen-bond donors (Lipinski definition) is 2. The highest BCUT2D eigenvalue weighted by molar-refractivity contribution is 9.14. The first-order chi connectivity index (χ1) is 10.7. The molecular formula is C17H16Br4O2. The number of halogens is 4. The zero-order valence-corrected chi connectivity index (χ0v) is 19.0. The van der Waals surface area contributed by atoms with Gasteiger partial charge in [0, 0.05) is 14.4 Å². The first kappa shape index (κ1) is 19.3. The summed E-state index contributed by atoms with van der Waals surface area (Å²) in [5, 5.41) is 19.8. The van der Waals surface area contributed by atoms with Gasteiger partial charge in [-0.3, -0.25) is 0 Å². The van der Waals surface area contributed by atoms with Crippen LogP contribution in [0.25, 0.3) is 0 Å². The fourth-order valence-electron chi connectivity index (χ4n) is 2.85. The van der Waals surface area contributed by atoms with E-state index < -0.39 is 0 Å². The third kappa shape index (κ3) is 3.51. The quantitative estimate of drug-likeness (QED) is 0.380. The van der Waals surface area contributed by atoms with E-state index in [1.54, 1.807) is 12.1 Å². The van der Waals surface area contributed by atoms with Crippen LogP contribution in [0, 0.1) is 0 Å². The van der Waals surface area contributed by atoms with E-state index in [4.69, 9.17) is 0 Å². The zero-order valence-electron chi connectivity index (χ0n) is 12.6. The number of hydrogen-bond acceptors (Lipinski definition) is 2. The summed E-state index contributed by atoms with van der Waals surface area (Å²) in [6.45, 7) is 4.31. The summed E-state index contributed by atoms with van der Waals surface area (Å²) in [6, 6.07) is 7.29. The largest absolute Gasteiger partial charge is 0.508 e. The molecule has 0 heterocycles. The molecule has 0 amide bonds. The van der Waals surface area contributed by atoms with Crippen molar-refractivity contribution in [2.75, 3.05) is 0 Å². The lowest BCUT2D eigenvalue weighted by molar-refractivity contribution is 0.462. The van der Waals surface area contributed by atoms with Crippen molar-refractivity contribution in [1.82, 2.24) is 0 Å². The van der Waals surface area contributed by atoms with Crippen molar-refractivity contribution in [3.63, 3.8) is 0 Å². The molecule has 0 radical (unpaired) electrons. The predicted octanol–water partition coefficient (Wildman–Crippen LogP) is 7.25. The van der Waals surface area contributed by atoms with E-state index in [-0.39, 0.29) is 16.9 Å². The highest BCUT2D eigenvalue weighted by atomic mass is 79.9. The second-order valence-corrected chi connectivity index (χ2v) is 8.78. The fraction of sp³-hybridized carbons (Fsp3) is 0.294. The minimum atomic E-state index is -0.293. The Balaban J connectivity index is 2.79. The van der Waals surface area contributed by atoms with Crippen molar-refractivity contribution in [2.24, 2.45) is 0 Å². The molecule has 0 saturated carbocycles. The molecule has 2 aromatic carbocycles. The van der Waals surface area contributed by atoms with Gasteiger partial charge in [-0.2, -0.15) is 0 Å². The first-order valence-corrected chi connectivity index (χ1v) is 10.3. The van der Waals surface area contributed by atoms with Crippen LogP contribution in [0.15, 0.2) is 42.2 Å². The van der Waals surface area contributed by atoms with Crippen molar-refractivity contribution in [3.8, 4) is 11.5 Å². The molecule has 2 rings (SSSR count). The van der Waals surface area contributed by atoms with Gasteiger partial charge < -0.3 is 10.2 Å². The SMILES string of the molecule is CCCC(C)(c1ccc(O)cc1)c1c(Br)c(Br)c(O)c(Br)c1Br. The topological polar surface area (TPSA) is 40.5 Å². The Hall–Kier alpha value is -0.0400. The Bertz CT molecular complexity index is 699. The number of aromatic hydroxyl groups is 2. The number of phenolic OH excluding ortho intramolecular Hbond substituents is 2. The molecule has 1 unspecified atom stereocenters. The smallest absolute Gasteiger partial charge is 0.146 e. The van der Waals surface area contributed by atoms with Gasteiger partial charge >= 0.3 is 0 Å². The third-order valence-electron chi connectivity index (χ3n) is 4.05. The first-order valence-electron chi connectivity index (χ1n) is 7.09. The van der Waals surface area contributed by atoms with Crippen LogP contribution in [0.4, 0.5) is 0 Å². The molecule has 2 N–H and O–H groups in total. The molecule has 6 heteroatoms. The van der Waals surface area contributed by atoms with Crippen LogP contribution in [-0.2, 0) is 5.41 Å². The fourth-order valence-corrected chi connectivity index (χ4v) is 5.82. The summed E-state index contributed by atoms with van der Waals surface area (Å²) in [4.78, 5) is 0. The summed E-state index contributed by atoms with van der Waals surface area (Å²) >= 11 is 14.2. The number of rotatable bonds is 4. The van der Waals surface area contributed by atoms with E-state index >= 15 is 0 Å². The Morgan fingerprint density at radius 1 is 0.870 bits per heavy atom. The maximum atomic E-state index is 10.2. The molecule has 124 valence electrons. The van der Waals surface area contributed by atoms with Crippen LogP contribution in [0.2, 0.25) is 0 Å². The summed E-state index contributed by atoms with van der Waals surface area (Å²) < 4.78 is 2.86. The highest BCUT2D eigenvalue weighted by Gasteiger charge is 2.35. The molecule has 0 aromatic heterocycles. The summed E-state index contributed by atoms with van der Waals surface area (Å²) in [5.74, 6) is 0.399. The molecule has 23 heavy (non-hydrogen) atoms. The van der Waals surface area contributed by atoms with Gasteiger partial charge in [0.1, 0.15) is 11.5 Å². The summed E-state index contributed by atoms with van der Waals surface area (Å²) in [6.07, 6.45) is 1.91. The maximum Gasteiger partial charge on any atom is 0.146 e. The molecule has 0 aliphatic rings. The van der Waals surface area contributed by atoms with Crippen LogP contribution >= 0.6 is 63.7 Å². The predicted molar refractivity (Wildman–Crippen MR) is 108 cm³/mol. The van der Waals surface area contributed by atoms with Crippen LogP contribution in [0.1, 0.15) is 37.8 Å². The molecule has 0 aliphatic carbocycles. The standard InChI is InChI=1S/C17H16Br4O2/c1-3-8-17(2,9-4-6-10(22)7-5-9)11-12(18)14(20)16(23)15(21)13(11)19/h4-7,22-23H,3,8H2,1-2H3. The van der Waals surface area contributed by atoms with Gasteiger partial charge in [-0.1, -0.05) is 32.4 Å². The third-order valence-corrected chi connectivity index (χ3v) is 8.24. The minimum absolute atomic E-state index is 0.150. The van der Waals surface area contributed by atoms with Crippen LogP contribution in [0.5, 0.6) is 11.5 Å². The normalized spacial score (nSPS) is 13.8. The number of phenols is 2. The zero-order chi connectivity index (χ0) is 17.4. The van der Waals surface area contributed by atoms with E-state index in [2.05, 4.69) is 77.6 Å². The molecule has 0 bridgehead atoms. The molecule has 2 nitrogen and oxygen atoms in total. The van der Waals surface area contributed by atoms with Crippen molar-refractivity contribution < 1.29 is 10.2 Å². The molecule has 2 aromatic rings. The van der Waals surface area contributed by atoms with Gasteiger partial charge in [-0.25, -0.2) is 0 Å². The van der Waals surface area contributed by atoms with Gasteiger partial charge in [0.15, 0.2) is 0 Å². The lowest BCUT2D eigenvalue weighted by atomic mass is 9.73. The van der Waals surface area contributed by atoms with E-state index in [9.17, 15) is 10.2 Å². The molecule has 1 atom stereocenters. The lowest BCUT2D eigenvalue weighted by Gasteiger charge is -2.34. The molecule has 0 aliphatic heterocycles. The molecule has 0 saturated heterocycles. The highest BCUT2D eigenvalue weighted by Crippen LogP contribution is 2.52. The monoisotopic (exact) mass is 568 g/mol. The van der Waals surface area contributed by atoms with Crippen LogP contribution in [-0.4, -0.2) is 10.2 Å². The Labute approximate surface area is 169 Å². The Morgan fingerprint density at radius 3 is 1.78 bits per heavy atom. The van der Waals surface area contributed by atoms with E-state index in [1.165, 1.54) is 0 Å². The van der Waals surface area contributed by atoms with Gasteiger partial charge in [-0.15, -0.1) is 0 Å². The van der Waals surface area contributed by atoms with Gasteiger partial charge in [0.2, 0.25) is 0 Å². The maximum absolute atomic E-state index is 10.2. The van der Waals surface area contributed by atoms with Crippen molar-refractivity contribution in [1.29, 1.82) is 0 Å².